The Morgan fingerprint density at radius 1 is 1.16 bits per heavy atom. The Morgan fingerprint density at radius 2 is 1.90 bits per heavy atom. The van der Waals surface area contributed by atoms with Gasteiger partial charge in [0.15, 0.2) is 29.3 Å². The number of fused-ring (bicyclic) bond motifs is 2. The third-order valence-electron chi connectivity index (χ3n) is 4.68. The molecule has 3 heterocycles. The van der Waals surface area contributed by atoms with Crippen LogP contribution in [0.5, 0.6) is 11.5 Å². The molecule has 1 aliphatic heterocycles. The molecule has 0 radical (unpaired) electrons. The normalized spacial score (nSPS) is 12.6. The molecule has 0 saturated heterocycles. The average Bonchev–Trinajstić information content (AvgIpc) is 3.15. The summed E-state index contributed by atoms with van der Waals surface area (Å²) in [6.07, 6.45) is 1.40. The molecule has 0 unspecified atom stereocenters. The molecule has 12 nitrogen and oxygen atoms in total. The number of carbonyl (C=O) groups is 2. The van der Waals surface area contributed by atoms with Gasteiger partial charge in [-0.05, 0) is 12.1 Å². The van der Waals surface area contributed by atoms with E-state index in [1.54, 1.807) is 25.2 Å². The van der Waals surface area contributed by atoms with Gasteiger partial charge in [0.2, 0.25) is 0 Å². The van der Waals surface area contributed by atoms with Crippen LogP contribution in [0.2, 0.25) is 0 Å². The summed E-state index contributed by atoms with van der Waals surface area (Å²) in [5.41, 5.74) is -0.561. The second-order valence-electron chi connectivity index (χ2n) is 6.83. The minimum Gasteiger partial charge on any atom is -0.486 e. The fraction of sp³-hybridized carbons (Fsp3) is 0.316. The summed E-state index contributed by atoms with van der Waals surface area (Å²) in [6.45, 7) is -0.361. The van der Waals surface area contributed by atoms with Crippen molar-refractivity contribution in [3.05, 3.63) is 45.4 Å². The van der Waals surface area contributed by atoms with E-state index >= 15 is 0 Å². The second-order valence-corrected chi connectivity index (χ2v) is 6.83. The number of imidazole rings is 1. The summed E-state index contributed by atoms with van der Waals surface area (Å²) in [7, 11) is 3.05. The van der Waals surface area contributed by atoms with Crippen LogP contribution in [-0.4, -0.2) is 50.4 Å². The molecule has 12 heteroatoms. The Kier molecular flexibility index (Phi) is 5.19. The number of amides is 1. The van der Waals surface area contributed by atoms with Crippen LogP contribution in [0.15, 0.2) is 34.1 Å². The number of aromatic nitrogens is 4. The van der Waals surface area contributed by atoms with E-state index in [-0.39, 0.29) is 11.2 Å². The van der Waals surface area contributed by atoms with Gasteiger partial charge in [0, 0.05) is 25.8 Å². The number of rotatable bonds is 5. The largest absolute Gasteiger partial charge is 0.486 e. The van der Waals surface area contributed by atoms with Gasteiger partial charge in [-0.25, -0.2) is 14.3 Å². The van der Waals surface area contributed by atoms with Crippen molar-refractivity contribution >= 4 is 28.7 Å². The van der Waals surface area contributed by atoms with E-state index in [9.17, 15) is 19.2 Å². The minimum atomic E-state index is -0.905. The summed E-state index contributed by atoms with van der Waals surface area (Å²) in [4.78, 5) is 53.3. The maximum atomic E-state index is 12.6. The smallest absolute Gasteiger partial charge is 0.333 e. The Balaban J connectivity index is 1.41. The third kappa shape index (κ3) is 3.86. The molecule has 0 bridgehead atoms. The van der Waals surface area contributed by atoms with Crippen LogP contribution in [-0.2, 0) is 35.0 Å². The number of benzene rings is 1. The lowest BCUT2D eigenvalue weighted by atomic mass is 10.2. The Morgan fingerprint density at radius 3 is 2.68 bits per heavy atom. The van der Waals surface area contributed by atoms with Crippen LogP contribution in [0.4, 0.5) is 5.69 Å². The lowest BCUT2D eigenvalue weighted by molar-refractivity contribution is -0.148. The summed E-state index contributed by atoms with van der Waals surface area (Å²) in [6, 6.07) is 4.88. The highest BCUT2D eigenvalue weighted by Crippen LogP contribution is 2.32. The number of aryl methyl sites for hydroxylation is 2. The first kappa shape index (κ1) is 20.2. The number of anilines is 1. The van der Waals surface area contributed by atoms with Gasteiger partial charge in [-0.1, -0.05) is 0 Å². The molecule has 4 rings (SSSR count). The van der Waals surface area contributed by atoms with E-state index < -0.39 is 36.3 Å². The van der Waals surface area contributed by atoms with E-state index in [0.29, 0.717) is 30.4 Å². The Bertz CT molecular complexity index is 1300. The number of esters is 1. The van der Waals surface area contributed by atoms with Gasteiger partial charge in [0.1, 0.15) is 19.8 Å². The lowest BCUT2D eigenvalue weighted by Gasteiger charge is -2.19. The monoisotopic (exact) mass is 429 g/mol. The first-order chi connectivity index (χ1) is 14.8. The van der Waals surface area contributed by atoms with Gasteiger partial charge in [-0.2, -0.15) is 0 Å². The fourth-order valence-electron chi connectivity index (χ4n) is 3.17. The number of nitrogens with zero attached hydrogens (tertiary/aromatic N) is 4. The number of carbonyl (C=O) groups excluding carboxylic acids is 2. The maximum Gasteiger partial charge on any atom is 0.333 e. The van der Waals surface area contributed by atoms with Crippen molar-refractivity contribution in [3.63, 3.8) is 0 Å². The van der Waals surface area contributed by atoms with Crippen molar-refractivity contribution in [1.82, 2.24) is 18.7 Å². The van der Waals surface area contributed by atoms with Crippen molar-refractivity contribution in [2.24, 2.45) is 14.1 Å². The number of hydrogen-bond acceptors (Lipinski definition) is 8. The van der Waals surface area contributed by atoms with Crippen LogP contribution in [0.1, 0.15) is 0 Å². The van der Waals surface area contributed by atoms with Crippen LogP contribution >= 0.6 is 0 Å². The number of hydrogen-bond donors (Lipinski definition) is 1. The predicted octanol–water partition coefficient (Wildman–Crippen LogP) is -0.613. The minimum absolute atomic E-state index is 0.172. The first-order valence-electron chi connectivity index (χ1n) is 9.31. The average molecular weight is 429 g/mol. The molecule has 1 aliphatic rings. The highest BCUT2D eigenvalue weighted by Gasteiger charge is 2.18. The SMILES string of the molecule is Cn1cnc2c1c(=O)n(CC(=O)OCC(=O)Nc1ccc3c(c1)OCCO3)c(=O)n2C. The van der Waals surface area contributed by atoms with E-state index in [1.165, 1.54) is 22.5 Å². The van der Waals surface area contributed by atoms with E-state index in [0.717, 1.165) is 4.57 Å². The molecule has 3 aromatic rings. The molecule has 1 aromatic carbocycles. The lowest BCUT2D eigenvalue weighted by Crippen LogP contribution is -2.41. The quantitative estimate of drug-likeness (QED) is 0.531. The zero-order chi connectivity index (χ0) is 22.1. The molecule has 0 saturated carbocycles. The van der Waals surface area contributed by atoms with Gasteiger partial charge in [0.25, 0.3) is 11.5 Å². The molecule has 0 spiro atoms. The predicted molar refractivity (Wildman–Crippen MR) is 107 cm³/mol. The van der Waals surface area contributed by atoms with E-state index in [2.05, 4.69) is 10.3 Å². The molecule has 31 heavy (non-hydrogen) atoms. The molecule has 0 fully saturated rings. The molecule has 0 atom stereocenters. The molecule has 0 aliphatic carbocycles. The van der Waals surface area contributed by atoms with E-state index in [4.69, 9.17) is 14.2 Å². The van der Waals surface area contributed by atoms with Gasteiger partial charge in [0.05, 0.1) is 6.33 Å². The third-order valence-corrected chi connectivity index (χ3v) is 4.68. The summed E-state index contributed by atoms with van der Waals surface area (Å²) in [5, 5.41) is 2.57. The molecular weight excluding hydrogens is 410 g/mol. The molecular formula is C19H19N5O7. The zero-order valence-electron chi connectivity index (χ0n) is 16.8. The summed E-state index contributed by atoms with van der Waals surface area (Å²) >= 11 is 0. The van der Waals surface area contributed by atoms with Crippen molar-refractivity contribution in [3.8, 4) is 11.5 Å². The van der Waals surface area contributed by atoms with Crippen LogP contribution in [0.3, 0.4) is 0 Å². The van der Waals surface area contributed by atoms with Gasteiger partial charge in [-0.3, -0.25) is 19.0 Å². The standard InChI is InChI=1S/C19H19N5O7/c1-22-10-20-17-16(22)18(27)24(19(28)23(17)2)8-15(26)31-9-14(25)21-11-3-4-12-13(7-11)30-6-5-29-12/h3-4,7,10H,5-6,8-9H2,1-2H3,(H,21,25). The van der Waals surface area contributed by atoms with Crippen molar-refractivity contribution in [2.75, 3.05) is 25.1 Å². The first-order valence-corrected chi connectivity index (χ1v) is 9.31. The molecule has 2 aromatic heterocycles. The van der Waals surface area contributed by atoms with Crippen LogP contribution in [0, 0.1) is 0 Å². The highest BCUT2D eigenvalue weighted by atomic mass is 16.6. The zero-order valence-corrected chi connectivity index (χ0v) is 16.8. The summed E-state index contributed by atoms with van der Waals surface area (Å²) in [5.74, 6) is -0.416. The van der Waals surface area contributed by atoms with Gasteiger partial charge < -0.3 is 24.1 Å². The van der Waals surface area contributed by atoms with Crippen molar-refractivity contribution in [1.29, 1.82) is 0 Å². The van der Waals surface area contributed by atoms with Crippen molar-refractivity contribution in [2.45, 2.75) is 6.54 Å². The maximum absolute atomic E-state index is 12.6. The number of ether oxygens (including phenoxy) is 3. The molecule has 1 N–H and O–H groups in total. The van der Waals surface area contributed by atoms with Gasteiger partial charge >= 0.3 is 11.7 Å². The van der Waals surface area contributed by atoms with Crippen LogP contribution in [0.25, 0.3) is 11.2 Å². The topological polar surface area (TPSA) is 136 Å². The Hall–Kier alpha value is -4.09. The Labute approximate surface area is 174 Å². The van der Waals surface area contributed by atoms with Crippen molar-refractivity contribution < 1.29 is 23.8 Å². The van der Waals surface area contributed by atoms with Crippen LogP contribution < -0.4 is 26.0 Å². The second kappa shape index (κ2) is 7.97. The summed E-state index contributed by atoms with van der Waals surface area (Å²) < 4.78 is 19.1. The van der Waals surface area contributed by atoms with Gasteiger partial charge in [-0.15, -0.1) is 0 Å². The number of nitrogens with one attached hydrogen (secondary N) is 1. The molecule has 162 valence electrons. The molecule has 1 amide bonds. The van der Waals surface area contributed by atoms with E-state index in [1.807, 2.05) is 0 Å². The fourth-order valence-corrected chi connectivity index (χ4v) is 3.17. The highest BCUT2D eigenvalue weighted by molar-refractivity contribution is 5.93.